The number of amides is 1. The summed E-state index contributed by atoms with van der Waals surface area (Å²) >= 11 is 5.16. The maximum atomic E-state index is 12.6. The zero-order valence-electron chi connectivity index (χ0n) is 11.3. The standard InChI is InChI=1S/C15H22N2OS/c1-2-3-16-14(19)17-13(18)15-7-10-4-11(8-15)6-12(5-10)9-15/h2,10-12H,1,3-9H2,(H2,16,17,18,19). The van der Waals surface area contributed by atoms with Crippen molar-refractivity contribution in [3.8, 4) is 0 Å². The molecule has 3 nitrogen and oxygen atoms in total. The highest BCUT2D eigenvalue weighted by atomic mass is 32.1. The van der Waals surface area contributed by atoms with Gasteiger partial charge in [0.25, 0.3) is 0 Å². The van der Waals surface area contributed by atoms with Crippen molar-refractivity contribution >= 4 is 23.2 Å². The predicted octanol–water partition coefficient (Wildman–Crippen LogP) is 2.38. The van der Waals surface area contributed by atoms with Crippen molar-refractivity contribution in [3.05, 3.63) is 12.7 Å². The largest absolute Gasteiger partial charge is 0.359 e. The van der Waals surface area contributed by atoms with Crippen LogP contribution in [-0.4, -0.2) is 17.6 Å². The summed E-state index contributed by atoms with van der Waals surface area (Å²) in [5.74, 6) is 2.51. The molecule has 4 bridgehead atoms. The summed E-state index contributed by atoms with van der Waals surface area (Å²) in [5.41, 5.74) is -0.116. The molecule has 0 saturated heterocycles. The zero-order valence-corrected chi connectivity index (χ0v) is 12.1. The van der Waals surface area contributed by atoms with Crippen LogP contribution in [0.2, 0.25) is 0 Å². The smallest absolute Gasteiger partial charge is 0.232 e. The number of hydrogen-bond acceptors (Lipinski definition) is 2. The molecule has 4 heteroatoms. The van der Waals surface area contributed by atoms with E-state index in [1.54, 1.807) is 6.08 Å². The Morgan fingerprint density at radius 3 is 2.21 bits per heavy atom. The summed E-state index contributed by atoms with van der Waals surface area (Å²) in [6.07, 6.45) is 9.03. The van der Waals surface area contributed by atoms with Crippen LogP contribution in [0.4, 0.5) is 0 Å². The lowest BCUT2D eigenvalue weighted by molar-refractivity contribution is -0.144. The van der Waals surface area contributed by atoms with E-state index in [0.29, 0.717) is 11.7 Å². The van der Waals surface area contributed by atoms with Crippen molar-refractivity contribution in [1.82, 2.24) is 10.6 Å². The van der Waals surface area contributed by atoms with Gasteiger partial charge in [0.05, 0.1) is 5.41 Å². The van der Waals surface area contributed by atoms with Crippen LogP contribution in [-0.2, 0) is 4.79 Å². The molecule has 0 atom stereocenters. The van der Waals surface area contributed by atoms with Crippen LogP contribution in [0.5, 0.6) is 0 Å². The Hall–Kier alpha value is -0.900. The first-order chi connectivity index (χ1) is 9.11. The fraction of sp³-hybridized carbons (Fsp3) is 0.733. The van der Waals surface area contributed by atoms with Gasteiger partial charge in [0.1, 0.15) is 0 Å². The van der Waals surface area contributed by atoms with E-state index in [0.717, 1.165) is 37.0 Å². The third-order valence-corrected chi connectivity index (χ3v) is 5.40. The van der Waals surface area contributed by atoms with Crippen molar-refractivity contribution in [2.24, 2.45) is 23.2 Å². The Morgan fingerprint density at radius 2 is 1.74 bits per heavy atom. The third-order valence-electron chi connectivity index (χ3n) is 5.15. The molecule has 0 aromatic rings. The minimum absolute atomic E-state index is 0.116. The molecular formula is C15H22N2OS. The number of carbonyl (C=O) groups excluding carboxylic acids is 1. The van der Waals surface area contributed by atoms with Crippen molar-refractivity contribution in [3.63, 3.8) is 0 Å². The number of thiocarbonyl (C=S) groups is 1. The van der Waals surface area contributed by atoms with Crippen LogP contribution in [0, 0.1) is 23.2 Å². The van der Waals surface area contributed by atoms with Crippen LogP contribution >= 0.6 is 12.2 Å². The monoisotopic (exact) mass is 278 g/mol. The quantitative estimate of drug-likeness (QED) is 0.615. The second-order valence-corrected chi connectivity index (χ2v) is 7.06. The molecule has 4 rings (SSSR count). The van der Waals surface area contributed by atoms with E-state index < -0.39 is 0 Å². The highest BCUT2D eigenvalue weighted by Crippen LogP contribution is 2.60. The molecular weight excluding hydrogens is 256 g/mol. The fourth-order valence-corrected chi connectivity index (χ4v) is 5.01. The summed E-state index contributed by atoms with van der Waals surface area (Å²) in [4.78, 5) is 12.6. The molecule has 0 spiro atoms. The summed E-state index contributed by atoms with van der Waals surface area (Å²) < 4.78 is 0. The average molecular weight is 278 g/mol. The highest BCUT2D eigenvalue weighted by molar-refractivity contribution is 7.80. The molecule has 4 fully saturated rings. The van der Waals surface area contributed by atoms with Crippen molar-refractivity contribution in [2.75, 3.05) is 6.54 Å². The second-order valence-electron chi connectivity index (χ2n) is 6.65. The van der Waals surface area contributed by atoms with Gasteiger partial charge >= 0.3 is 0 Å². The van der Waals surface area contributed by atoms with E-state index in [2.05, 4.69) is 17.2 Å². The lowest BCUT2D eigenvalue weighted by atomic mass is 9.49. The van der Waals surface area contributed by atoms with Gasteiger partial charge in [-0.1, -0.05) is 6.08 Å². The normalized spacial score (nSPS) is 38.8. The van der Waals surface area contributed by atoms with Crippen molar-refractivity contribution in [2.45, 2.75) is 38.5 Å². The lowest BCUT2D eigenvalue weighted by Crippen LogP contribution is -2.55. The summed E-state index contributed by atoms with van der Waals surface area (Å²) in [7, 11) is 0. The van der Waals surface area contributed by atoms with E-state index in [4.69, 9.17) is 12.2 Å². The summed E-state index contributed by atoms with van der Waals surface area (Å²) in [6, 6.07) is 0. The average Bonchev–Trinajstić information content (AvgIpc) is 2.34. The molecule has 0 aromatic heterocycles. The molecule has 2 N–H and O–H groups in total. The molecule has 1 amide bonds. The lowest BCUT2D eigenvalue weighted by Gasteiger charge is -2.55. The van der Waals surface area contributed by atoms with E-state index in [9.17, 15) is 4.79 Å². The Bertz CT molecular complexity index is 383. The molecule has 4 aliphatic carbocycles. The van der Waals surface area contributed by atoms with Gasteiger partial charge in [-0.25, -0.2) is 0 Å². The van der Waals surface area contributed by atoms with Crippen LogP contribution in [0.1, 0.15) is 38.5 Å². The Kier molecular flexibility index (Phi) is 3.37. The van der Waals surface area contributed by atoms with Crippen LogP contribution in [0.15, 0.2) is 12.7 Å². The Morgan fingerprint density at radius 1 is 1.21 bits per heavy atom. The molecule has 19 heavy (non-hydrogen) atoms. The van der Waals surface area contributed by atoms with Gasteiger partial charge in [-0.05, 0) is 68.5 Å². The number of carbonyl (C=O) groups is 1. The first-order valence-electron chi connectivity index (χ1n) is 7.31. The van der Waals surface area contributed by atoms with Crippen LogP contribution < -0.4 is 10.6 Å². The van der Waals surface area contributed by atoms with E-state index >= 15 is 0 Å². The van der Waals surface area contributed by atoms with E-state index in [1.807, 2.05) is 0 Å². The van der Waals surface area contributed by atoms with E-state index in [-0.39, 0.29) is 11.3 Å². The van der Waals surface area contributed by atoms with Crippen LogP contribution in [0.3, 0.4) is 0 Å². The molecule has 0 heterocycles. The van der Waals surface area contributed by atoms with Gasteiger partial charge in [-0.15, -0.1) is 6.58 Å². The molecule has 0 unspecified atom stereocenters. The first-order valence-corrected chi connectivity index (χ1v) is 7.72. The minimum atomic E-state index is -0.116. The van der Waals surface area contributed by atoms with Gasteiger partial charge < -0.3 is 10.6 Å². The van der Waals surface area contributed by atoms with Gasteiger partial charge in [-0.3, -0.25) is 4.79 Å². The van der Waals surface area contributed by atoms with Crippen LogP contribution in [0.25, 0.3) is 0 Å². The van der Waals surface area contributed by atoms with Gasteiger partial charge in [-0.2, -0.15) is 0 Å². The van der Waals surface area contributed by atoms with Gasteiger partial charge in [0.2, 0.25) is 5.91 Å². The van der Waals surface area contributed by atoms with Gasteiger partial charge in [0.15, 0.2) is 5.11 Å². The molecule has 4 saturated carbocycles. The zero-order chi connectivity index (χ0) is 13.5. The van der Waals surface area contributed by atoms with E-state index in [1.165, 1.54) is 19.3 Å². The van der Waals surface area contributed by atoms with Crippen molar-refractivity contribution < 1.29 is 4.79 Å². The Labute approximate surface area is 120 Å². The predicted molar refractivity (Wildman–Crippen MR) is 79.5 cm³/mol. The summed E-state index contributed by atoms with van der Waals surface area (Å²) in [6.45, 7) is 4.23. The number of nitrogens with one attached hydrogen (secondary N) is 2. The first kappa shape index (κ1) is 13.1. The highest BCUT2D eigenvalue weighted by Gasteiger charge is 2.54. The third kappa shape index (κ3) is 2.42. The Balaban J connectivity index is 1.66. The number of hydrogen-bond donors (Lipinski definition) is 2. The topological polar surface area (TPSA) is 41.1 Å². The summed E-state index contributed by atoms with van der Waals surface area (Å²) in [5, 5.41) is 6.33. The SMILES string of the molecule is C=CCNC(=S)NC(=O)C12CC3CC(CC(C3)C1)C2. The molecule has 104 valence electrons. The molecule has 4 aliphatic rings. The minimum Gasteiger partial charge on any atom is -0.359 e. The van der Waals surface area contributed by atoms with Gasteiger partial charge in [0, 0.05) is 6.54 Å². The number of rotatable bonds is 3. The van der Waals surface area contributed by atoms with Crippen molar-refractivity contribution in [1.29, 1.82) is 0 Å². The molecule has 0 radical (unpaired) electrons. The molecule has 0 aromatic carbocycles. The maximum Gasteiger partial charge on any atom is 0.232 e. The molecule has 0 aliphatic heterocycles. The maximum absolute atomic E-state index is 12.6. The second kappa shape index (κ2) is 4.89. The fourth-order valence-electron chi connectivity index (χ4n) is 4.83.